The molecule has 1 aliphatic carbocycles. The molecule has 0 radical (unpaired) electrons. The highest BCUT2D eigenvalue weighted by Crippen LogP contribution is 2.55. The van der Waals surface area contributed by atoms with Crippen LogP contribution in [0.15, 0.2) is 43.5 Å². The SMILES string of the molecule is O=S(=O)(O)CCNc1nc(Cl)nc(NCCCN=c2ccc3nc4c(Cl)c5c(c(Cl)c4oc-3c2S(=O)(=O)O)Nc2ccc(NCCCNc3nc(Cl)nc(NCCS(=O)(=O)O)n3)c(S(=O)(=O)O)c2O5)n1. The van der Waals surface area contributed by atoms with Gasteiger partial charge in [0.25, 0.3) is 30.4 Å². The molecule has 376 valence electrons. The summed E-state index contributed by atoms with van der Waals surface area (Å²) in [6.07, 6.45) is 0.543. The third-order valence-corrected chi connectivity index (χ3v) is 13.5. The molecule has 28 nitrogen and oxygen atoms in total. The Kier molecular flexibility index (Phi) is 15.7. The fourth-order valence-corrected chi connectivity index (χ4v) is 9.49. The number of anilines is 7. The van der Waals surface area contributed by atoms with Gasteiger partial charge >= 0.3 is 10.1 Å². The van der Waals surface area contributed by atoms with E-state index in [9.17, 15) is 42.8 Å². The second-order valence-electron chi connectivity index (χ2n) is 14.3. The largest absolute Gasteiger partial charge is 0.450 e. The Bertz CT molecular complexity index is 3530. The van der Waals surface area contributed by atoms with Crippen molar-refractivity contribution < 1.29 is 61.0 Å². The number of aromatic nitrogens is 7. The molecular formula is C34H34Cl4N14O14S4. The molecule has 0 atom stereocenters. The number of halogens is 4. The van der Waals surface area contributed by atoms with Crippen LogP contribution in [0, 0.1) is 0 Å². The van der Waals surface area contributed by atoms with E-state index in [1.54, 1.807) is 0 Å². The molecule has 70 heavy (non-hydrogen) atoms. The summed E-state index contributed by atoms with van der Waals surface area (Å²) in [6, 6.07) is 5.33. The van der Waals surface area contributed by atoms with Gasteiger partial charge in [-0.25, -0.2) is 4.98 Å². The maximum atomic E-state index is 12.9. The first kappa shape index (κ1) is 52.3. The predicted octanol–water partition coefficient (Wildman–Crippen LogP) is 4.18. The molecule has 2 aromatic carbocycles. The van der Waals surface area contributed by atoms with Crippen LogP contribution in [0.5, 0.6) is 11.5 Å². The third kappa shape index (κ3) is 13.1. The minimum Gasteiger partial charge on any atom is -0.450 e. The lowest BCUT2D eigenvalue weighted by molar-refractivity contribution is 0.449. The van der Waals surface area contributed by atoms with Gasteiger partial charge < -0.3 is 41.1 Å². The summed E-state index contributed by atoms with van der Waals surface area (Å²) in [5.41, 5.74) is -0.746. The van der Waals surface area contributed by atoms with Crippen LogP contribution >= 0.6 is 46.4 Å². The van der Waals surface area contributed by atoms with E-state index in [1.165, 1.54) is 24.3 Å². The highest BCUT2D eigenvalue weighted by Gasteiger charge is 2.34. The molecular weight excluding hydrogens is 1100 g/mol. The number of fused-ring (bicyclic) bond motifs is 4. The predicted molar refractivity (Wildman–Crippen MR) is 255 cm³/mol. The van der Waals surface area contributed by atoms with Gasteiger partial charge in [0.15, 0.2) is 32.6 Å². The zero-order valence-electron chi connectivity index (χ0n) is 35.0. The molecule has 0 unspecified atom stereocenters. The van der Waals surface area contributed by atoms with E-state index in [-0.39, 0.29) is 141 Å². The van der Waals surface area contributed by atoms with Crippen LogP contribution < -0.4 is 42.0 Å². The number of hydrogen-bond acceptors (Lipinski definition) is 24. The molecule has 0 saturated heterocycles. The summed E-state index contributed by atoms with van der Waals surface area (Å²) in [4.78, 5) is 31.0. The second kappa shape index (κ2) is 21.1. The van der Waals surface area contributed by atoms with Gasteiger partial charge in [-0.2, -0.15) is 63.6 Å². The first-order valence-corrected chi connectivity index (χ1v) is 27.2. The number of nitrogens with one attached hydrogen (secondary N) is 6. The van der Waals surface area contributed by atoms with Crippen molar-refractivity contribution >= 4 is 139 Å². The number of benzene rings is 3. The number of hydrogen-bond donors (Lipinski definition) is 10. The molecule has 4 heterocycles. The van der Waals surface area contributed by atoms with Crippen LogP contribution in [0.3, 0.4) is 0 Å². The lowest BCUT2D eigenvalue weighted by Crippen LogP contribution is -2.19. The van der Waals surface area contributed by atoms with Gasteiger partial charge in [0.1, 0.15) is 26.9 Å². The van der Waals surface area contributed by atoms with Crippen molar-refractivity contribution in [3.05, 3.63) is 50.2 Å². The van der Waals surface area contributed by atoms with E-state index in [0.29, 0.717) is 6.42 Å². The number of nitrogens with zero attached hydrogens (tertiary/aromatic N) is 8. The molecule has 3 aliphatic rings. The lowest BCUT2D eigenvalue weighted by atomic mass is 10.1. The van der Waals surface area contributed by atoms with E-state index >= 15 is 0 Å². The van der Waals surface area contributed by atoms with Crippen LogP contribution in [0.4, 0.5) is 40.9 Å². The Labute approximate surface area is 415 Å². The average Bonchev–Trinajstić information content (AvgIpc) is 3.24. The van der Waals surface area contributed by atoms with Gasteiger partial charge in [0.2, 0.25) is 34.4 Å². The summed E-state index contributed by atoms with van der Waals surface area (Å²) in [6.45, 7) is -0.000329. The van der Waals surface area contributed by atoms with Crippen LogP contribution in [0.2, 0.25) is 20.6 Å². The van der Waals surface area contributed by atoms with Crippen molar-refractivity contribution in [2.24, 2.45) is 4.99 Å². The maximum absolute atomic E-state index is 12.9. The van der Waals surface area contributed by atoms with E-state index in [2.05, 4.69) is 71.8 Å². The Hall–Kier alpha value is -5.52. The summed E-state index contributed by atoms with van der Waals surface area (Å²) >= 11 is 25.5. The van der Waals surface area contributed by atoms with Gasteiger partial charge in [-0.3, -0.25) is 23.2 Å². The Morgan fingerprint density at radius 3 is 1.66 bits per heavy atom. The molecule has 2 aromatic heterocycles. The highest BCUT2D eigenvalue weighted by atomic mass is 35.5. The van der Waals surface area contributed by atoms with Crippen LogP contribution in [-0.2, 0) is 40.5 Å². The molecule has 0 bridgehead atoms. The monoisotopic (exact) mass is 1130 g/mol. The smallest absolute Gasteiger partial charge is 0.300 e. The van der Waals surface area contributed by atoms with Gasteiger partial charge in [0, 0.05) is 39.3 Å². The molecule has 10 N–H and O–H groups in total. The fraction of sp³-hybridized carbons (Fsp3) is 0.294. The van der Waals surface area contributed by atoms with Crippen molar-refractivity contribution in [1.82, 2.24) is 34.9 Å². The third-order valence-electron chi connectivity index (χ3n) is 9.22. The summed E-state index contributed by atoms with van der Waals surface area (Å²) < 4.78 is 146. The number of ether oxygens (including phenoxy) is 1. The molecule has 2 aliphatic heterocycles. The quantitative estimate of drug-likeness (QED) is 0.0274. The van der Waals surface area contributed by atoms with Crippen LogP contribution in [0.1, 0.15) is 12.8 Å². The summed E-state index contributed by atoms with van der Waals surface area (Å²) in [5, 5.41) is 15.6. The Balaban J connectivity index is 1.08. The summed E-state index contributed by atoms with van der Waals surface area (Å²) in [7, 11) is -18.6. The van der Waals surface area contributed by atoms with Gasteiger partial charge in [-0.1, -0.05) is 23.2 Å². The van der Waals surface area contributed by atoms with Gasteiger partial charge in [-0.05, 0) is 60.3 Å². The Morgan fingerprint density at radius 1 is 0.586 bits per heavy atom. The molecule has 0 spiro atoms. The minimum atomic E-state index is -5.07. The molecule has 4 aromatic rings. The fourth-order valence-electron chi connectivity index (χ4n) is 6.34. The molecule has 0 amide bonds. The van der Waals surface area contributed by atoms with Crippen molar-refractivity contribution in [1.29, 1.82) is 0 Å². The van der Waals surface area contributed by atoms with Gasteiger partial charge in [0.05, 0.1) is 28.2 Å². The van der Waals surface area contributed by atoms with Crippen molar-refractivity contribution in [2.45, 2.75) is 22.6 Å². The Morgan fingerprint density at radius 2 is 1.11 bits per heavy atom. The number of rotatable bonds is 21. The van der Waals surface area contributed by atoms with Crippen LogP contribution in [-0.4, -0.2) is 138 Å². The molecule has 0 fully saturated rings. The average molecular weight is 1130 g/mol. The highest BCUT2D eigenvalue weighted by molar-refractivity contribution is 7.86. The van der Waals surface area contributed by atoms with Crippen molar-refractivity contribution in [3.63, 3.8) is 0 Å². The van der Waals surface area contributed by atoms with Crippen LogP contribution in [0.25, 0.3) is 22.6 Å². The molecule has 36 heteroatoms. The van der Waals surface area contributed by atoms with E-state index < -0.39 is 67.5 Å². The first-order chi connectivity index (χ1) is 32.8. The topological polar surface area (TPSA) is 415 Å². The van der Waals surface area contributed by atoms with Crippen molar-refractivity contribution in [3.8, 4) is 23.0 Å². The summed E-state index contributed by atoms with van der Waals surface area (Å²) in [5.74, 6) is -2.42. The first-order valence-electron chi connectivity index (χ1n) is 19.6. The zero-order valence-corrected chi connectivity index (χ0v) is 41.3. The standard InChI is InChI=1S/C34H34Cl4N14O14S4/c35-19-22-26(66-24-16(46-22)4-6-18(28(24)70(62,63)64)40-8-2-10-42-32-48-30(38)50-34(52-32)44-12-14-68(56,57)58)20(36)21-25(19)65-23-15(45-21)3-5-17(27(23)69(59,60)61)39-7-1-9-41-31-47-29(37)49-33(51-31)43-11-13-67(53,54)55/h3-6,39,45H,1-2,7-14H2,(H,53,54,55)(H,56,57,58)(H,59,60,61)(H,62,63,64)(H2,41,43,47,49,51)(H2,42,44,48,50,52). The maximum Gasteiger partial charge on any atom is 0.300 e. The second-order valence-corrected chi connectivity index (χ2v) is 21.6. The lowest BCUT2D eigenvalue weighted by Gasteiger charge is -2.27. The van der Waals surface area contributed by atoms with E-state index in [1.807, 2.05) is 0 Å². The zero-order chi connectivity index (χ0) is 50.8. The normalized spacial score (nSPS) is 13.1. The van der Waals surface area contributed by atoms with Crippen molar-refractivity contribution in [2.75, 3.05) is 82.7 Å². The minimum absolute atomic E-state index is 0.00612. The van der Waals surface area contributed by atoms with Gasteiger partial charge in [-0.15, -0.1) is 0 Å². The van der Waals surface area contributed by atoms with E-state index in [0.717, 1.165) is 0 Å². The van der Waals surface area contributed by atoms with E-state index in [4.69, 9.17) is 64.7 Å². The molecule has 7 rings (SSSR count). The molecule has 0 saturated carbocycles.